The summed E-state index contributed by atoms with van der Waals surface area (Å²) >= 11 is 3.68. The summed E-state index contributed by atoms with van der Waals surface area (Å²) in [5, 5.41) is 13.8. The van der Waals surface area contributed by atoms with Crippen molar-refractivity contribution in [1.82, 2.24) is 0 Å². The fraction of sp³-hybridized carbons (Fsp3) is 0. The lowest BCUT2D eigenvalue weighted by Gasteiger charge is -2.29. The van der Waals surface area contributed by atoms with E-state index in [9.17, 15) is 0 Å². The Morgan fingerprint density at radius 2 is 0.851 bits per heavy atom. The van der Waals surface area contributed by atoms with Crippen LogP contribution in [0.2, 0.25) is 0 Å². The average molecular weight is 981 g/mol. The smallest absolute Gasteiger partial charge is 0.159 e. The van der Waals surface area contributed by atoms with Crippen molar-refractivity contribution in [1.29, 1.82) is 0 Å². The molecule has 74 heavy (non-hydrogen) atoms. The molecule has 4 heterocycles. The molecule has 16 rings (SSSR count). The maximum atomic E-state index is 7.30. The van der Waals surface area contributed by atoms with Crippen LogP contribution in [0.25, 0.3) is 117 Å². The zero-order valence-corrected chi connectivity index (χ0v) is 41.3. The second kappa shape index (κ2) is 16.2. The van der Waals surface area contributed by atoms with E-state index in [4.69, 9.17) is 8.83 Å². The molecule has 0 aliphatic heterocycles. The largest absolute Gasteiger partial charge is 0.455 e. The lowest BCUT2D eigenvalue weighted by Crippen LogP contribution is -2.13. The zero-order chi connectivity index (χ0) is 48.4. The van der Waals surface area contributed by atoms with Gasteiger partial charge in [0.2, 0.25) is 0 Å². The van der Waals surface area contributed by atoms with Crippen molar-refractivity contribution in [2.45, 2.75) is 0 Å². The molecule has 0 saturated heterocycles. The van der Waals surface area contributed by atoms with Crippen LogP contribution in [0.1, 0.15) is 0 Å². The highest BCUT2D eigenvalue weighted by Crippen LogP contribution is 2.51. The summed E-state index contributed by atoms with van der Waals surface area (Å²) in [4.78, 5) is 4.78. The van der Waals surface area contributed by atoms with Gasteiger partial charge in [-0.25, -0.2) is 0 Å². The first-order valence-electron chi connectivity index (χ1n) is 25.0. The molecule has 0 fully saturated rings. The molecule has 12 aromatic carbocycles. The minimum absolute atomic E-state index is 0.798. The van der Waals surface area contributed by atoms with E-state index >= 15 is 0 Å². The number of hydrogen-bond acceptors (Lipinski definition) is 6. The predicted molar refractivity (Wildman–Crippen MR) is 317 cm³/mol. The number of thiophene rings is 2. The molecule has 0 aliphatic carbocycles. The van der Waals surface area contributed by atoms with Gasteiger partial charge in [-0.15, -0.1) is 22.7 Å². The number of furan rings is 2. The Hall–Kier alpha value is -9.20. The van der Waals surface area contributed by atoms with Crippen molar-refractivity contribution >= 4 is 163 Å². The summed E-state index contributed by atoms with van der Waals surface area (Å²) in [5.41, 5.74) is 11.6. The van der Waals surface area contributed by atoms with Gasteiger partial charge < -0.3 is 18.6 Å². The Balaban J connectivity index is 1.00. The first-order chi connectivity index (χ1) is 36.7. The number of rotatable bonds is 7. The highest BCUT2D eigenvalue weighted by molar-refractivity contribution is 7.26. The zero-order valence-electron chi connectivity index (χ0n) is 39.6. The Morgan fingerprint density at radius 1 is 0.284 bits per heavy atom. The number of fused-ring (bicyclic) bond motifs is 16. The number of nitrogens with zero attached hydrogens (tertiary/aromatic N) is 2. The Morgan fingerprint density at radius 3 is 1.53 bits per heavy atom. The van der Waals surface area contributed by atoms with Crippen LogP contribution in [0.5, 0.6) is 0 Å². The molecule has 0 atom stereocenters. The fourth-order valence-corrected chi connectivity index (χ4v) is 13.8. The van der Waals surface area contributed by atoms with E-state index in [0.717, 1.165) is 105 Å². The summed E-state index contributed by atoms with van der Waals surface area (Å²) < 4.78 is 19.5. The van der Waals surface area contributed by atoms with Crippen LogP contribution >= 0.6 is 22.7 Å². The molecule has 0 aliphatic rings. The Kier molecular flexibility index (Phi) is 9.04. The molecular weight excluding hydrogens is 941 g/mol. The SMILES string of the molecule is c1ccc(N(c2ccccc2)c2cc(N(c3ccc4sc5ccccc5c4c3)c3ccc4sc5ccccc5c4c3)c3oc4ccc(-c5cc6ccccc6c6c5oc5c7ccccc7ccc56)cc4c3c2)cc1. The van der Waals surface area contributed by atoms with Crippen LogP contribution in [-0.4, -0.2) is 0 Å². The fourth-order valence-electron chi connectivity index (χ4n) is 11.6. The number of hydrogen-bond donors (Lipinski definition) is 0. The Bertz CT molecular complexity index is 4780. The Labute approximate surface area is 432 Å². The molecular formula is C68H40N2O2S2. The second-order valence-electron chi connectivity index (χ2n) is 19.2. The van der Waals surface area contributed by atoms with Crippen molar-refractivity contribution in [2.75, 3.05) is 9.80 Å². The van der Waals surface area contributed by atoms with E-state index in [1.54, 1.807) is 0 Å². The second-order valence-corrected chi connectivity index (χ2v) is 21.3. The van der Waals surface area contributed by atoms with Crippen molar-refractivity contribution in [3.8, 4) is 11.1 Å². The molecule has 0 amide bonds. The number of para-hydroxylation sites is 2. The minimum atomic E-state index is 0.798. The molecule has 0 N–H and O–H groups in total. The molecule has 0 radical (unpaired) electrons. The topological polar surface area (TPSA) is 32.8 Å². The van der Waals surface area contributed by atoms with Crippen LogP contribution in [0.15, 0.2) is 251 Å². The standard InChI is InChI=1S/C68H40N2O2S2/c1-3-17-44(18-4-1)69(45-19-5-2-6-20-45)48-39-58-55-36-43(54-35-42-16-8-9-21-49(42)65-53-31-27-41-15-7-10-22-50(41)66(53)72-68(54)65)28-32-60(55)71-67(58)59(40-48)70(46-29-33-63-56(37-46)51-23-11-13-25-61(51)73-63)47-30-34-64-57(38-47)52-24-12-14-26-62(52)74-64/h1-40H. The summed E-state index contributed by atoms with van der Waals surface area (Å²) in [6.07, 6.45) is 0. The van der Waals surface area contributed by atoms with Crippen molar-refractivity contribution in [3.63, 3.8) is 0 Å². The number of anilines is 6. The molecule has 0 bridgehead atoms. The average Bonchev–Trinajstić information content (AvgIpc) is 4.25. The van der Waals surface area contributed by atoms with Crippen molar-refractivity contribution in [2.24, 2.45) is 0 Å². The van der Waals surface area contributed by atoms with Gasteiger partial charge in [0.05, 0.1) is 5.69 Å². The molecule has 4 aromatic heterocycles. The first-order valence-corrected chi connectivity index (χ1v) is 26.6. The summed E-state index contributed by atoms with van der Waals surface area (Å²) in [6, 6.07) is 88.0. The molecule has 4 nitrogen and oxygen atoms in total. The van der Waals surface area contributed by atoms with E-state index in [1.165, 1.54) is 45.7 Å². The van der Waals surface area contributed by atoms with E-state index in [1.807, 2.05) is 22.7 Å². The van der Waals surface area contributed by atoms with Gasteiger partial charge in [-0.1, -0.05) is 133 Å². The van der Waals surface area contributed by atoms with Gasteiger partial charge in [0, 0.05) is 101 Å². The lowest BCUT2D eigenvalue weighted by atomic mass is 9.95. The van der Waals surface area contributed by atoms with Crippen LogP contribution < -0.4 is 9.80 Å². The van der Waals surface area contributed by atoms with Crippen LogP contribution in [0.4, 0.5) is 34.1 Å². The van der Waals surface area contributed by atoms with Gasteiger partial charge in [0.15, 0.2) is 5.58 Å². The predicted octanol–water partition coefficient (Wildman–Crippen LogP) is 21.1. The van der Waals surface area contributed by atoms with Crippen molar-refractivity contribution in [3.05, 3.63) is 243 Å². The van der Waals surface area contributed by atoms with Crippen LogP contribution in [0.3, 0.4) is 0 Å². The third-order valence-electron chi connectivity index (χ3n) is 15.0. The van der Waals surface area contributed by atoms with Gasteiger partial charge in [0.25, 0.3) is 0 Å². The van der Waals surface area contributed by atoms with E-state index in [0.29, 0.717) is 0 Å². The molecule has 0 spiro atoms. The maximum Gasteiger partial charge on any atom is 0.159 e. The molecule has 16 aromatic rings. The highest BCUT2D eigenvalue weighted by atomic mass is 32.1. The van der Waals surface area contributed by atoms with Gasteiger partial charge in [-0.2, -0.15) is 0 Å². The van der Waals surface area contributed by atoms with E-state index in [-0.39, 0.29) is 0 Å². The van der Waals surface area contributed by atoms with E-state index < -0.39 is 0 Å². The van der Waals surface area contributed by atoms with Gasteiger partial charge >= 0.3 is 0 Å². The molecule has 0 unspecified atom stereocenters. The molecule has 0 saturated carbocycles. The van der Waals surface area contributed by atoms with Crippen LogP contribution in [0, 0.1) is 0 Å². The third kappa shape index (κ3) is 6.32. The van der Waals surface area contributed by atoms with Crippen LogP contribution in [-0.2, 0) is 0 Å². The first kappa shape index (κ1) is 41.4. The van der Waals surface area contributed by atoms with Crippen molar-refractivity contribution < 1.29 is 8.83 Å². The lowest BCUT2D eigenvalue weighted by molar-refractivity contribution is 0.669. The van der Waals surface area contributed by atoms with E-state index in [2.05, 4.69) is 252 Å². The molecule has 346 valence electrons. The highest BCUT2D eigenvalue weighted by Gasteiger charge is 2.26. The summed E-state index contributed by atoms with van der Waals surface area (Å²) in [7, 11) is 0. The normalized spacial score (nSPS) is 12.1. The maximum absolute atomic E-state index is 7.30. The quantitative estimate of drug-likeness (QED) is 0.159. The minimum Gasteiger partial charge on any atom is -0.455 e. The van der Waals surface area contributed by atoms with Gasteiger partial charge in [-0.3, -0.25) is 0 Å². The third-order valence-corrected chi connectivity index (χ3v) is 17.3. The van der Waals surface area contributed by atoms with Gasteiger partial charge in [0.1, 0.15) is 16.7 Å². The summed E-state index contributed by atoms with van der Waals surface area (Å²) in [6.45, 7) is 0. The van der Waals surface area contributed by atoms with Gasteiger partial charge in [-0.05, 0) is 131 Å². The monoisotopic (exact) mass is 980 g/mol. The summed E-state index contributed by atoms with van der Waals surface area (Å²) in [5.74, 6) is 0. The number of benzene rings is 12. The molecule has 6 heteroatoms.